The Morgan fingerprint density at radius 1 is 0.500 bits per heavy atom. The van der Waals surface area contributed by atoms with E-state index >= 15 is 0 Å². The van der Waals surface area contributed by atoms with Crippen LogP contribution in [-0.4, -0.2) is 173 Å². The van der Waals surface area contributed by atoms with E-state index in [2.05, 4.69) is 0 Å². The summed E-state index contributed by atoms with van der Waals surface area (Å²) in [5.74, 6) is 0. The van der Waals surface area contributed by atoms with Gasteiger partial charge in [0, 0.05) is 173 Å². The maximum Gasteiger partial charge on any atom is 0 e. The van der Waals surface area contributed by atoms with Gasteiger partial charge in [-0.15, -0.1) is 0 Å². The molecular formula is K3Li. The van der Waals surface area contributed by atoms with E-state index in [9.17, 15) is 0 Å². The molecule has 4 valence electrons. The Morgan fingerprint density at radius 3 is 0.500 bits per heavy atom. The fraction of sp³-hybridized carbons (Fsp3) is 0. The third-order valence-electron chi connectivity index (χ3n) is 0. The molecule has 0 aliphatic rings. The Balaban J connectivity index is 0. The number of hydrogen-bond donors (Lipinski definition) is 0. The molecular weight excluding hydrogens is 124 g/mol. The van der Waals surface area contributed by atoms with Crippen LogP contribution >= 0.6 is 0 Å². The Kier molecular flexibility index (Phi) is 89.7. The summed E-state index contributed by atoms with van der Waals surface area (Å²) >= 11 is 0. The summed E-state index contributed by atoms with van der Waals surface area (Å²) in [5.41, 5.74) is 0. The van der Waals surface area contributed by atoms with Crippen LogP contribution in [0, 0.1) is 0 Å². The fourth-order valence-corrected chi connectivity index (χ4v) is 0. The van der Waals surface area contributed by atoms with Crippen LogP contribution in [0.2, 0.25) is 0 Å². The van der Waals surface area contributed by atoms with Crippen LogP contribution in [0.3, 0.4) is 0 Å². The van der Waals surface area contributed by atoms with Gasteiger partial charge in [-0.3, -0.25) is 0 Å². The average molecular weight is 124 g/mol. The van der Waals surface area contributed by atoms with E-state index in [0.717, 1.165) is 0 Å². The average Bonchev–Trinajstić information content (AvgIpc) is 0. The van der Waals surface area contributed by atoms with Crippen molar-refractivity contribution in [1.82, 2.24) is 0 Å². The molecule has 0 heterocycles. The van der Waals surface area contributed by atoms with Crippen molar-refractivity contribution < 1.29 is 0 Å². The quantitative estimate of drug-likeness (QED) is 0.344. The summed E-state index contributed by atoms with van der Waals surface area (Å²) < 4.78 is 0. The van der Waals surface area contributed by atoms with E-state index in [-0.39, 0.29) is 173 Å². The van der Waals surface area contributed by atoms with E-state index in [4.69, 9.17) is 0 Å². The van der Waals surface area contributed by atoms with Crippen molar-refractivity contribution in [3.05, 3.63) is 0 Å². The van der Waals surface area contributed by atoms with Crippen LogP contribution < -0.4 is 0 Å². The minimum Gasteiger partial charge on any atom is 0 e. The summed E-state index contributed by atoms with van der Waals surface area (Å²) in [4.78, 5) is 0. The molecule has 4 heteroatoms. The van der Waals surface area contributed by atoms with E-state index in [1.807, 2.05) is 0 Å². The van der Waals surface area contributed by atoms with Crippen LogP contribution in [0.4, 0.5) is 0 Å². The first-order valence-corrected chi connectivity index (χ1v) is 0. The third kappa shape index (κ3) is 10.5. The van der Waals surface area contributed by atoms with E-state index < -0.39 is 0 Å². The van der Waals surface area contributed by atoms with E-state index in [0.29, 0.717) is 0 Å². The first-order valence-electron chi connectivity index (χ1n) is 0. The molecule has 0 fully saturated rings. The van der Waals surface area contributed by atoms with Gasteiger partial charge in [0.1, 0.15) is 0 Å². The van der Waals surface area contributed by atoms with Crippen LogP contribution in [0.1, 0.15) is 0 Å². The Morgan fingerprint density at radius 2 is 0.500 bits per heavy atom. The summed E-state index contributed by atoms with van der Waals surface area (Å²) in [5, 5.41) is 0. The van der Waals surface area contributed by atoms with Gasteiger partial charge in [-0.2, -0.15) is 0 Å². The van der Waals surface area contributed by atoms with Gasteiger partial charge in [0.15, 0.2) is 0 Å². The van der Waals surface area contributed by atoms with Crippen molar-refractivity contribution in [2.45, 2.75) is 0 Å². The maximum absolute atomic E-state index is 0. The Hall–Kier alpha value is 5.51. The normalized spacial score (nSPS) is 0. The first-order chi connectivity index (χ1) is 0. The molecule has 0 aromatic rings. The van der Waals surface area contributed by atoms with Crippen molar-refractivity contribution in [2.75, 3.05) is 0 Å². The van der Waals surface area contributed by atoms with Gasteiger partial charge in [-0.1, -0.05) is 0 Å². The molecule has 0 nitrogen and oxygen atoms in total. The molecule has 0 aromatic carbocycles. The molecule has 0 aromatic heterocycles. The summed E-state index contributed by atoms with van der Waals surface area (Å²) in [6, 6.07) is 0. The second kappa shape index (κ2) is 15.8. The van der Waals surface area contributed by atoms with Crippen LogP contribution in [0.15, 0.2) is 0 Å². The van der Waals surface area contributed by atoms with Crippen molar-refractivity contribution in [2.24, 2.45) is 0 Å². The van der Waals surface area contributed by atoms with Gasteiger partial charge in [0.2, 0.25) is 0 Å². The van der Waals surface area contributed by atoms with Crippen molar-refractivity contribution >= 4 is 173 Å². The first kappa shape index (κ1) is 22.7. The number of rotatable bonds is 0. The zero-order valence-electron chi connectivity index (χ0n) is 4.00. The molecule has 0 unspecified atom stereocenters. The van der Waals surface area contributed by atoms with Gasteiger partial charge in [0.25, 0.3) is 0 Å². The molecule has 0 rings (SSSR count). The molecule has 4 radical (unpaired) electrons. The zero-order valence-corrected chi connectivity index (χ0v) is 13.4. The Bertz CT molecular complexity index is 3.25. The predicted octanol–water partition coefficient (Wildman–Crippen LogP) is -1.52. The van der Waals surface area contributed by atoms with Crippen LogP contribution in [-0.2, 0) is 0 Å². The zero-order chi connectivity index (χ0) is 0. The molecule has 0 amide bonds. The van der Waals surface area contributed by atoms with E-state index in [1.165, 1.54) is 0 Å². The van der Waals surface area contributed by atoms with Crippen molar-refractivity contribution in [3.63, 3.8) is 0 Å². The molecule has 0 N–H and O–H groups in total. The molecule has 0 atom stereocenters. The van der Waals surface area contributed by atoms with Crippen LogP contribution in [0.5, 0.6) is 0 Å². The molecule has 0 bridgehead atoms. The second-order valence-electron chi connectivity index (χ2n) is 0. The molecule has 0 spiro atoms. The van der Waals surface area contributed by atoms with Crippen molar-refractivity contribution in [3.8, 4) is 0 Å². The summed E-state index contributed by atoms with van der Waals surface area (Å²) in [6.07, 6.45) is 0. The van der Waals surface area contributed by atoms with Gasteiger partial charge in [-0.05, 0) is 0 Å². The van der Waals surface area contributed by atoms with E-state index in [1.54, 1.807) is 0 Å². The fourth-order valence-electron chi connectivity index (χ4n) is 0. The largest absolute Gasteiger partial charge is 0 e. The second-order valence-corrected chi connectivity index (χ2v) is 0. The third-order valence-corrected chi connectivity index (χ3v) is 0. The standard InChI is InChI=1S/3K.Li. The SMILES string of the molecule is [K].[K].[K].[Li]. The summed E-state index contributed by atoms with van der Waals surface area (Å²) in [7, 11) is 0. The summed E-state index contributed by atoms with van der Waals surface area (Å²) in [6.45, 7) is 0. The minimum absolute atomic E-state index is 0. The van der Waals surface area contributed by atoms with Gasteiger partial charge >= 0.3 is 0 Å². The van der Waals surface area contributed by atoms with Gasteiger partial charge < -0.3 is 0 Å². The molecule has 0 aliphatic carbocycles. The molecule has 0 saturated carbocycles. The Labute approximate surface area is 166 Å². The monoisotopic (exact) mass is 124 g/mol. The van der Waals surface area contributed by atoms with Crippen LogP contribution in [0.25, 0.3) is 0 Å². The number of hydrogen-bond acceptors (Lipinski definition) is 0. The topological polar surface area (TPSA) is 0 Å². The molecule has 0 aliphatic heterocycles. The minimum atomic E-state index is 0. The van der Waals surface area contributed by atoms with Gasteiger partial charge in [-0.25, -0.2) is 0 Å². The molecule has 4 heavy (non-hydrogen) atoms. The van der Waals surface area contributed by atoms with Crippen molar-refractivity contribution in [1.29, 1.82) is 0 Å². The maximum atomic E-state index is 0. The van der Waals surface area contributed by atoms with Gasteiger partial charge in [0.05, 0.1) is 0 Å². The molecule has 0 saturated heterocycles. The predicted molar refractivity (Wildman–Crippen MR) is 23.0 cm³/mol. The smallest absolute Gasteiger partial charge is 0 e.